The Kier molecular flexibility index (Phi) is 5.17. The standard InChI is InChI=1S/C18H16N2O7S2/c1-10-3-4-13(7-11(10)2)19-20-16-9-12-8-14(28(22,23)24)5-6-15(12)18(17(16)21)29(25,26)27/h3-9,21H,1-2H3,(H,22,23,24)(H,25,26,27). The van der Waals surface area contributed by atoms with Crippen LogP contribution in [0.15, 0.2) is 62.5 Å². The Balaban J connectivity index is 2.27. The van der Waals surface area contributed by atoms with E-state index in [1.807, 2.05) is 19.9 Å². The lowest BCUT2D eigenvalue weighted by Gasteiger charge is -2.10. The maximum atomic E-state index is 11.8. The van der Waals surface area contributed by atoms with Gasteiger partial charge in [-0.05, 0) is 60.7 Å². The summed E-state index contributed by atoms with van der Waals surface area (Å²) in [4.78, 5) is -1.33. The molecule has 0 fully saturated rings. The van der Waals surface area contributed by atoms with Crippen molar-refractivity contribution in [1.29, 1.82) is 0 Å². The van der Waals surface area contributed by atoms with E-state index in [4.69, 9.17) is 0 Å². The smallest absolute Gasteiger partial charge is 0.298 e. The first-order valence-corrected chi connectivity index (χ1v) is 11.0. The second-order valence-electron chi connectivity index (χ2n) is 6.38. The molecule has 0 heterocycles. The van der Waals surface area contributed by atoms with E-state index in [1.54, 1.807) is 12.1 Å². The lowest BCUT2D eigenvalue weighted by molar-refractivity contribution is 0.446. The third kappa shape index (κ3) is 4.27. The zero-order valence-electron chi connectivity index (χ0n) is 15.2. The lowest BCUT2D eigenvalue weighted by atomic mass is 10.1. The molecule has 3 aromatic rings. The van der Waals surface area contributed by atoms with Gasteiger partial charge in [0.1, 0.15) is 10.6 Å². The Morgan fingerprint density at radius 1 is 0.793 bits per heavy atom. The summed E-state index contributed by atoms with van der Waals surface area (Å²) in [6.07, 6.45) is 0. The highest BCUT2D eigenvalue weighted by Gasteiger charge is 2.24. The molecule has 0 aliphatic heterocycles. The van der Waals surface area contributed by atoms with E-state index in [0.29, 0.717) is 5.69 Å². The molecule has 0 bridgehead atoms. The number of hydrogen-bond acceptors (Lipinski definition) is 7. The van der Waals surface area contributed by atoms with Crippen molar-refractivity contribution in [2.24, 2.45) is 10.2 Å². The zero-order valence-corrected chi connectivity index (χ0v) is 16.9. The van der Waals surface area contributed by atoms with Crippen molar-refractivity contribution in [2.45, 2.75) is 23.6 Å². The summed E-state index contributed by atoms with van der Waals surface area (Å²) in [5.41, 5.74) is 2.10. The zero-order chi connectivity index (χ0) is 21.6. The SMILES string of the molecule is Cc1ccc(N=Nc2cc3cc(S(=O)(=O)O)ccc3c(S(=O)(=O)O)c2O)cc1C. The van der Waals surface area contributed by atoms with Crippen LogP contribution in [0.2, 0.25) is 0 Å². The Labute approximate surface area is 166 Å². The molecule has 0 aliphatic rings. The molecule has 0 radical (unpaired) electrons. The van der Waals surface area contributed by atoms with E-state index < -0.39 is 35.8 Å². The average molecular weight is 436 g/mol. The molecular weight excluding hydrogens is 420 g/mol. The summed E-state index contributed by atoms with van der Waals surface area (Å²) in [7, 11) is -9.45. The fraction of sp³-hybridized carbons (Fsp3) is 0.111. The molecule has 0 amide bonds. The number of rotatable bonds is 4. The van der Waals surface area contributed by atoms with Crippen LogP contribution in [-0.4, -0.2) is 31.0 Å². The van der Waals surface area contributed by atoms with Gasteiger partial charge in [0.2, 0.25) is 0 Å². The van der Waals surface area contributed by atoms with Gasteiger partial charge in [0.15, 0.2) is 5.75 Å². The molecule has 11 heteroatoms. The number of fused-ring (bicyclic) bond motifs is 1. The summed E-state index contributed by atoms with van der Waals surface area (Å²) in [5, 5.41) is 18.0. The Bertz CT molecular complexity index is 1380. The predicted molar refractivity (Wildman–Crippen MR) is 105 cm³/mol. The highest BCUT2D eigenvalue weighted by Crippen LogP contribution is 2.41. The van der Waals surface area contributed by atoms with Crippen LogP contribution in [0.25, 0.3) is 10.8 Å². The molecule has 152 valence electrons. The van der Waals surface area contributed by atoms with Crippen molar-refractivity contribution >= 4 is 42.4 Å². The summed E-state index contributed by atoms with van der Waals surface area (Å²) >= 11 is 0. The monoisotopic (exact) mass is 436 g/mol. The van der Waals surface area contributed by atoms with Crippen molar-refractivity contribution in [1.82, 2.24) is 0 Å². The molecule has 0 spiro atoms. The normalized spacial score (nSPS) is 12.7. The number of benzene rings is 3. The van der Waals surface area contributed by atoms with Gasteiger partial charge < -0.3 is 5.11 Å². The minimum atomic E-state index is -4.89. The minimum Gasteiger partial charge on any atom is -0.504 e. The van der Waals surface area contributed by atoms with Gasteiger partial charge in [-0.1, -0.05) is 12.1 Å². The van der Waals surface area contributed by atoms with Gasteiger partial charge >= 0.3 is 0 Å². The lowest BCUT2D eigenvalue weighted by Crippen LogP contribution is -2.02. The van der Waals surface area contributed by atoms with Gasteiger partial charge in [0.05, 0.1) is 10.6 Å². The van der Waals surface area contributed by atoms with Crippen LogP contribution >= 0.6 is 0 Å². The van der Waals surface area contributed by atoms with Crippen LogP contribution < -0.4 is 0 Å². The molecular formula is C18H16N2O7S2. The van der Waals surface area contributed by atoms with Crippen molar-refractivity contribution in [3.8, 4) is 5.75 Å². The van der Waals surface area contributed by atoms with Crippen molar-refractivity contribution < 1.29 is 31.0 Å². The number of nitrogens with zero attached hydrogens (tertiary/aromatic N) is 2. The van der Waals surface area contributed by atoms with Gasteiger partial charge in [-0.15, -0.1) is 5.11 Å². The predicted octanol–water partition coefficient (Wildman–Crippen LogP) is 4.07. The molecule has 0 aliphatic carbocycles. The number of aryl methyl sites for hydroxylation is 2. The van der Waals surface area contributed by atoms with E-state index >= 15 is 0 Å². The summed E-state index contributed by atoms with van der Waals surface area (Å²) in [6.45, 7) is 3.78. The highest BCUT2D eigenvalue weighted by atomic mass is 32.2. The van der Waals surface area contributed by atoms with E-state index in [-0.39, 0.29) is 16.5 Å². The largest absolute Gasteiger partial charge is 0.504 e. The quantitative estimate of drug-likeness (QED) is 0.411. The Hall–Kier alpha value is -2.86. The third-order valence-corrected chi connectivity index (χ3v) is 6.12. The molecule has 0 unspecified atom stereocenters. The summed E-state index contributed by atoms with van der Waals surface area (Å²) in [5.74, 6) is -0.841. The van der Waals surface area contributed by atoms with Crippen LogP contribution in [-0.2, 0) is 20.2 Å². The van der Waals surface area contributed by atoms with Crippen molar-refractivity contribution in [3.05, 3.63) is 53.6 Å². The summed E-state index contributed by atoms with van der Waals surface area (Å²) < 4.78 is 65.1. The van der Waals surface area contributed by atoms with Gasteiger partial charge in [0, 0.05) is 5.39 Å². The first-order chi connectivity index (χ1) is 13.4. The second-order valence-corrected chi connectivity index (χ2v) is 9.15. The van der Waals surface area contributed by atoms with Crippen LogP contribution in [0.3, 0.4) is 0 Å². The second kappa shape index (κ2) is 7.19. The van der Waals surface area contributed by atoms with Gasteiger partial charge in [0.25, 0.3) is 20.2 Å². The van der Waals surface area contributed by atoms with E-state index in [1.165, 1.54) is 6.07 Å². The Morgan fingerprint density at radius 2 is 1.48 bits per heavy atom. The first kappa shape index (κ1) is 20.9. The van der Waals surface area contributed by atoms with Gasteiger partial charge in [-0.2, -0.15) is 21.9 Å². The number of phenols is 1. The van der Waals surface area contributed by atoms with Crippen molar-refractivity contribution in [3.63, 3.8) is 0 Å². The van der Waals surface area contributed by atoms with E-state index in [2.05, 4.69) is 10.2 Å². The minimum absolute atomic E-state index is 0.000383. The van der Waals surface area contributed by atoms with E-state index in [9.17, 15) is 31.0 Å². The van der Waals surface area contributed by atoms with E-state index in [0.717, 1.165) is 29.3 Å². The molecule has 9 nitrogen and oxygen atoms in total. The third-order valence-electron chi connectivity index (χ3n) is 4.34. The fourth-order valence-electron chi connectivity index (χ4n) is 2.72. The molecule has 3 N–H and O–H groups in total. The number of azo groups is 1. The van der Waals surface area contributed by atoms with Crippen LogP contribution in [0, 0.1) is 13.8 Å². The molecule has 0 saturated carbocycles. The molecule has 0 aromatic heterocycles. The van der Waals surface area contributed by atoms with Crippen molar-refractivity contribution in [2.75, 3.05) is 0 Å². The number of phenolic OH excluding ortho intramolecular Hbond substituents is 1. The number of hydrogen-bond donors (Lipinski definition) is 3. The number of aromatic hydroxyl groups is 1. The maximum Gasteiger partial charge on any atom is 0.298 e. The van der Waals surface area contributed by atoms with Gasteiger partial charge in [-0.3, -0.25) is 9.11 Å². The van der Waals surface area contributed by atoms with Crippen LogP contribution in [0.4, 0.5) is 11.4 Å². The Morgan fingerprint density at radius 3 is 2.07 bits per heavy atom. The first-order valence-electron chi connectivity index (χ1n) is 8.11. The van der Waals surface area contributed by atoms with Gasteiger partial charge in [-0.25, -0.2) is 0 Å². The van der Waals surface area contributed by atoms with Crippen LogP contribution in [0.1, 0.15) is 11.1 Å². The topological polar surface area (TPSA) is 154 Å². The molecule has 29 heavy (non-hydrogen) atoms. The molecule has 0 saturated heterocycles. The highest BCUT2D eigenvalue weighted by molar-refractivity contribution is 7.86. The molecule has 3 rings (SSSR count). The molecule has 0 atom stereocenters. The molecule has 3 aromatic carbocycles. The maximum absolute atomic E-state index is 11.8. The average Bonchev–Trinajstić information content (AvgIpc) is 2.60. The fourth-order valence-corrected chi connectivity index (χ4v) is 4.05. The van der Waals surface area contributed by atoms with Crippen LogP contribution in [0.5, 0.6) is 5.75 Å². The summed E-state index contributed by atoms with van der Waals surface area (Å²) in [6, 6.07) is 9.40.